The fourth-order valence-corrected chi connectivity index (χ4v) is 2.41. The van der Waals surface area contributed by atoms with E-state index < -0.39 is 0 Å². The summed E-state index contributed by atoms with van der Waals surface area (Å²) in [6.45, 7) is 2.41. The second-order valence-corrected chi connectivity index (χ2v) is 5.70. The molecule has 122 valence electrons. The first-order valence-corrected chi connectivity index (χ1v) is 7.83. The predicted molar refractivity (Wildman–Crippen MR) is 95.2 cm³/mol. The fourth-order valence-electron chi connectivity index (χ4n) is 2.21. The molecule has 0 aliphatic rings. The molecule has 6 heteroatoms. The first-order chi connectivity index (χ1) is 11.6. The lowest BCUT2D eigenvalue weighted by Gasteiger charge is -2.10. The van der Waals surface area contributed by atoms with E-state index in [1.807, 2.05) is 37.3 Å². The molecule has 24 heavy (non-hydrogen) atoms. The van der Waals surface area contributed by atoms with Gasteiger partial charge in [-0.25, -0.2) is 9.37 Å². The van der Waals surface area contributed by atoms with Crippen molar-refractivity contribution in [2.24, 2.45) is 0 Å². The van der Waals surface area contributed by atoms with Gasteiger partial charge in [0.15, 0.2) is 0 Å². The molecule has 0 aliphatic carbocycles. The van der Waals surface area contributed by atoms with Gasteiger partial charge in [-0.15, -0.1) is 0 Å². The summed E-state index contributed by atoms with van der Waals surface area (Å²) in [5.74, 6) is 0.858. The van der Waals surface area contributed by atoms with Gasteiger partial charge < -0.3 is 10.6 Å². The van der Waals surface area contributed by atoms with Crippen molar-refractivity contribution in [3.05, 3.63) is 76.7 Å². The molecule has 0 fully saturated rings. The van der Waals surface area contributed by atoms with Crippen molar-refractivity contribution >= 4 is 29.1 Å². The van der Waals surface area contributed by atoms with Crippen LogP contribution in [0.2, 0.25) is 5.02 Å². The smallest absolute Gasteiger partial charge is 0.225 e. The average molecular weight is 343 g/mol. The molecule has 0 saturated heterocycles. The molecule has 0 radical (unpaired) electrons. The molecule has 0 bridgehead atoms. The molecule has 0 atom stereocenters. The van der Waals surface area contributed by atoms with E-state index >= 15 is 0 Å². The largest absolute Gasteiger partial charge is 0.350 e. The molecular formula is C18H16ClFN4. The monoisotopic (exact) mass is 342 g/mol. The first kappa shape index (κ1) is 16.2. The zero-order valence-electron chi connectivity index (χ0n) is 13.1. The van der Waals surface area contributed by atoms with Crippen molar-refractivity contribution in [2.75, 3.05) is 10.6 Å². The summed E-state index contributed by atoms with van der Waals surface area (Å²) in [6.07, 6.45) is 0. The summed E-state index contributed by atoms with van der Waals surface area (Å²) in [6, 6.07) is 15.5. The molecule has 2 N–H and O–H groups in total. The van der Waals surface area contributed by atoms with E-state index in [4.69, 9.17) is 11.6 Å². The van der Waals surface area contributed by atoms with Crippen LogP contribution < -0.4 is 10.6 Å². The Hall–Kier alpha value is -2.66. The van der Waals surface area contributed by atoms with Crippen molar-refractivity contribution in [2.45, 2.75) is 13.5 Å². The van der Waals surface area contributed by atoms with Crippen molar-refractivity contribution in [1.82, 2.24) is 9.97 Å². The predicted octanol–water partition coefficient (Wildman–Crippen LogP) is 4.93. The quantitative estimate of drug-likeness (QED) is 0.690. The maximum Gasteiger partial charge on any atom is 0.225 e. The number of rotatable bonds is 5. The Morgan fingerprint density at radius 1 is 1.04 bits per heavy atom. The van der Waals surface area contributed by atoms with Crippen LogP contribution in [0.1, 0.15) is 11.3 Å². The van der Waals surface area contributed by atoms with Gasteiger partial charge in [0, 0.05) is 29.0 Å². The Morgan fingerprint density at radius 2 is 1.79 bits per heavy atom. The number of halogens is 2. The van der Waals surface area contributed by atoms with Gasteiger partial charge in [0.25, 0.3) is 0 Å². The summed E-state index contributed by atoms with van der Waals surface area (Å²) in [5, 5.41) is 7.01. The third-order valence-electron chi connectivity index (χ3n) is 3.37. The van der Waals surface area contributed by atoms with Crippen LogP contribution >= 0.6 is 11.6 Å². The number of nitrogens with one attached hydrogen (secondary N) is 2. The third-order valence-corrected chi connectivity index (χ3v) is 3.73. The highest BCUT2D eigenvalue weighted by atomic mass is 35.5. The highest BCUT2D eigenvalue weighted by Crippen LogP contribution is 2.19. The Balaban J connectivity index is 1.74. The maximum absolute atomic E-state index is 13.0. The lowest BCUT2D eigenvalue weighted by molar-refractivity contribution is 0.628. The minimum atomic E-state index is -0.276. The van der Waals surface area contributed by atoms with E-state index in [9.17, 15) is 4.39 Å². The van der Waals surface area contributed by atoms with Crippen LogP contribution in [0, 0.1) is 12.7 Å². The number of hydrogen-bond acceptors (Lipinski definition) is 4. The Bertz CT molecular complexity index is 837. The summed E-state index contributed by atoms with van der Waals surface area (Å²) in [5.41, 5.74) is 2.54. The van der Waals surface area contributed by atoms with Crippen LogP contribution in [0.5, 0.6) is 0 Å². The average Bonchev–Trinajstić information content (AvgIpc) is 2.56. The van der Waals surface area contributed by atoms with Crippen molar-refractivity contribution in [1.29, 1.82) is 0 Å². The third kappa shape index (κ3) is 4.20. The zero-order valence-corrected chi connectivity index (χ0v) is 13.8. The molecule has 3 aromatic rings. The van der Waals surface area contributed by atoms with Crippen molar-refractivity contribution in [3.63, 3.8) is 0 Å². The van der Waals surface area contributed by atoms with Crippen LogP contribution in [0.3, 0.4) is 0 Å². The zero-order chi connectivity index (χ0) is 16.9. The topological polar surface area (TPSA) is 49.8 Å². The molecule has 0 aliphatic heterocycles. The summed E-state index contributed by atoms with van der Waals surface area (Å²) in [7, 11) is 0. The van der Waals surface area contributed by atoms with E-state index in [0.29, 0.717) is 23.3 Å². The molecule has 3 rings (SSSR count). The van der Waals surface area contributed by atoms with Gasteiger partial charge in [0.2, 0.25) is 5.95 Å². The van der Waals surface area contributed by atoms with E-state index in [1.54, 1.807) is 12.1 Å². The Morgan fingerprint density at radius 3 is 2.54 bits per heavy atom. The molecule has 4 nitrogen and oxygen atoms in total. The summed E-state index contributed by atoms with van der Waals surface area (Å²) >= 11 is 6.15. The Labute approximate surface area is 144 Å². The van der Waals surface area contributed by atoms with Crippen molar-refractivity contribution < 1.29 is 4.39 Å². The molecule has 1 heterocycles. The van der Waals surface area contributed by atoms with Crippen LogP contribution in [-0.2, 0) is 6.54 Å². The standard InChI is InChI=1S/C18H16ClFN4/c1-12-10-17(23-15-8-6-14(20)7-9-15)24-18(22-12)21-11-13-4-2-3-5-16(13)19/h2-10H,11H2,1H3,(H2,21,22,23,24). The van der Waals surface area contributed by atoms with E-state index in [1.165, 1.54) is 12.1 Å². The van der Waals surface area contributed by atoms with Crippen LogP contribution in [0.15, 0.2) is 54.6 Å². The second kappa shape index (κ2) is 7.27. The van der Waals surface area contributed by atoms with Gasteiger partial charge in [0.1, 0.15) is 11.6 Å². The summed E-state index contributed by atoms with van der Waals surface area (Å²) in [4.78, 5) is 8.79. The van der Waals surface area contributed by atoms with Crippen LogP contribution in [0.4, 0.5) is 21.8 Å². The minimum Gasteiger partial charge on any atom is -0.350 e. The molecule has 0 saturated carbocycles. The molecule has 0 spiro atoms. The van der Waals surface area contributed by atoms with Gasteiger partial charge in [-0.3, -0.25) is 0 Å². The molecule has 2 aromatic carbocycles. The number of hydrogen-bond donors (Lipinski definition) is 2. The van der Waals surface area contributed by atoms with E-state index in [0.717, 1.165) is 16.9 Å². The van der Waals surface area contributed by atoms with E-state index in [2.05, 4.69) is 20.6 Å². The highest BCUT2D eigenvalue weighted by molar-refractivity contribution is 6.31. The van der Waals surface area contributed by atoms with Crippen LogP contribution in [-0.4, -0.2) is 9.97 Å². The molecule has 1 aromatic heterocycles. The van der Waals surface area contributed by atoms with E-state index in [-0.39, 0.29) is 5.82 Å². The second-order valence-electron chi connectivity index (χ2n) is 5.30. The first-order valence-electron chi connectivity index (χ1n) is 7.46. The van der Waals surface area contributed by atoms with Gasteiger partial charge in [0.05, 0.1) is 0 Å². The van der Waals surface area contributed by atoms with Gasteiger partial charge in [-0.05, 0) is 42.8 Å². The van der Waals surface area contributed by atoms with Gasteiger partial charge in [-0.2, -0.15) is 4.98 Å². The lowest BCUT2D eigenvalue weighted by Crippen LogP contribution is -2.06. The lowest BCUT2D eigenvalue weighted by atomic mass is 10.2. The number of aryl methyl sites for hydroxylation is 1. The maximum atomic E-state index is 13.0. The highest BCUT2D eigenvalue weighted by Gasteiger charge is 2.05. The number of benzene rings is 2. The van der Waals surface area contributed by atoms with Crippen molar-refractivity contribution in [3.8, 4) is 0 Å². The normalized spacial score (nSPS) is 10.5. The minimum absolute atomic E-state index is 0.276. The fraction of sp³-hybridized carbons (Fsp3) is 0.111. The number of aromatic nitrogens is 2. The molecular weight excluding hydrogens is 327 g/mol. The SMILES string of the molecule is Cc1cc(Nc2ccc(F)cc2)nc(NCc2ccccc2Cl)n1. The number of anilines is 3. The Kier molecular flexibility index (Phi) is 4.91. The van der Waals surface area contributed by atoms with Crippen LogP contribution in [0.25, 0.3) is 0 Å². The number of nitrogens with zero attached hydrogens (tertiary/aromatic N) is 2. The van der Waals surface area contributed by atoms with Gasteiger partial charge in [-0.1, -0.05) is 29.8 Å². The summed E-state index contributed by atoms with van der Waals surface area (Å²) < 4.78 is 13.0. The van der Waals surface area contributed by atoms with Gasteiger partial charge >= 0.3 is 0 Å². The molecule has 0 unspecified atom stereocenters. The molecule has 0 amide bonds.